The van der Waals surface area contributed by atoms with E-state index in [4.69, 9.17) is 4.74 Å². The molecule has 2 rings (SSSR count). The summed E-state index contributed by atoms with van der Waals surface area (Å²) in [5.74, 6) is -0.764. The third-order valence-electron chi connectivity index (χ3n) is 3.77. The maximum Gasteiger partial charge on any atom is 0.164 e. The van der Waals surface area contributed by atoms with Gasteiger partial charge < -0.3 is 10.1 Å². The highest BCUT2D eigenvalue weighted by molar-refractivity contribution is 5.99. The zero-order chi connectivity index (χ0) is 15.1. The third-order valence-corrected chi connectivity index (χ3v) is 3.77. The molecular weight excluding hydrogens is 257 g/mol. The Labute approximate surface area is 119 Å². The molecule has 1 heterocycles. The second-order valence-electron chi connectivity index (χ2n) is 6.58. The molecule has 110 valence electrons. The molecule has 1 aromatic rings. The van der Waals surface area contributed by atoms with Crippen molar-refractivity contribution >= 4 is 11.5 Å². The highest BCUT2D eigenvalue weighted by Crippen LogP contribution is 2.39. The summed E-state index contributed by atoms with van der Waals surface area (Å²) in [5, 5.41) is 3.29. The van der Waals surface area contributed by atoms with Crippen molar-refractivity contribution < 1.29 is 13.9 Å². The van der Waals surface area contributed by atoms with Gasteiger partial charge >= 0.3 is 0 Å². The Morgan fingerprint density at radius 3 is 2.50 bits per heavy atom. The first-order chi connectivity index (χ1) is 9.12. The average molecular weight is 279 g/mol. The van der Waals surface area contributed by atoms with E-state index in [1.165, 1.54) is 13.0 Å². The third kappa shape index (κ3) is 2.85. The second kappa shape index (κ2) is 4.85. The van der Waals surface area contributed by atoms with Gasteiger partial charge in [-0.05, 0) is 53.2 Å². The largest absolute Gasteiger partial charge is 0.379 e. The van der Waals surface area contributed by atoms with Gasteiger partial charge in [0, 0.05) is 5.69 Å². The zero-order valence-corrected chi connectivity index (χ0v) is 12.7. The van der Waals surface area contributed by atoms with Gasteiger partial charge in [0.25, 0.3) is 0 Å². The lowest BCUT2D eigenvalue weighted by molar-refractivity contribution is -0.0662. The van der Waals surface area contributed by atoms with E-state index >= 15 is 0 Å². The number of carbonyl (C=O) groups excluding carboxylic acids is 1. The Bertz CT molecular complexity index is 537. The number of Topliss-reactive ketones (excluding diaryl/α,β-unsaturated/α-hetero) is 1. The van der Waals surface area contributed by atoms with Gasteiger partial charge in [-0.1, -0.05) is 6.07 Å². The molecule has 1 saturated heterocycles. The first-order valence-electron chi connectivity index (χ1n) is 6.88. The van der Waals surface area contributed by atoms with Crippen molar-refractivity contribution in [3.05, 3.63) is 29.6 Å². The summed E-state index contributed by atoms with van der Waals surface area (Å²) in [6.45, 7) is 9.46. The standard InChI is InChI=1S/C16H22FNO2/c1-10(19)14-11(17)7-6-8-12(14)18-13-9-15(2,3)20-16(13,4)5/h6-8,13,18H,9H2,1-5H3. The predicted molar refractivity (Wildman–Crippen MR) is 77.7 cm³/mol. The van der Waals surface area contributed by atoms with Gasteiger partial charge in [-0.2, -0.15) is 0 Å². The van der Waals surface area contributed by atoms with Gasteiger partial charge in [-0.3, -0.25) is 4.79 Å². The van der Waals surface area contributed by atoms with Gasteiger partial charge in [0.2, 0.25) is 0 Å². The molecule has 0 aromatic heterocycles. The van der Waals surface area contributed by atoms with Crippen LogP contribution in [0.25, 0.3) is 0 Å². The van der Waals surface area contributed by atoms with Crippen LogP contribution < -0.4 is 5.32 Å². The summed E-state index contributed by atoms with van der Waals surface area (Å²) >= 11 is 0. The fourth-order valence-corrected chi connectivity index (χ4v) is 2.98. The highest BCUT2D eigenvalue weighted by Gasteiger charge is 2.46. The van der Waals surface area contributed by atoms with Crippen LogP contribution in [0.1, 0.15) is 51.4 Å². The van der Waals surface area contributed by atoms with Crippen molar-refractivity contribution in [1.29, 1.82) is 0 Å². The van der Waals surface area contributed by atoms with E-state index in [9.17, 15) is 9.18 Å². The number of anilines is 1. The van der Waals surface area contributed by atoms with Crippen LogP contribution in [-0.2, 0) is 4.74 Å². The van der Waals surface area contributed by atoms with Crippen LogP contribution in [-0.4, -0.2) is 23.0 Å². The van der Waals surface area contributed by atoms with Crippen molar-refractivity contribution in [2.75, 3.05) is 5.32 Å². The van der Waals surface area contributed by atoms with Gasteiger partial charge in [0.1, 0.15) is 5.82 Å². The lowest BCUT2D eigenvalue weighted by Gasteiger charge is -2.29. The molecule has 3 nitrogen and oxygen atoms in total. The maximum atomic E-state index is 13.8. The molecule has 0 aliphatic carbocycles. The Balaban J connectivity index is 2.32. The van der Waals surface area contributed by atoms with Gasteiger partial charge in [0.15, 0.2) is 5.78 Å². The van der Waals surface area contributed by atoms with E-state index in [0.29, 0.717) is 5.69 Å². The van der Waals surface area contributed by atoms with Crippen molar-refractivity contribution in [2.24, 2.45) is 0 Å². The zero-order valence-electron chi connectivity index (χ0n) is 12.7. The van der Waals surface area contributed by atoms with Crippen molar-refractivity contribution in [3.8, 4) is 0 Å². The molecule has 0 radical (unpaired) electrons. The first kappa shape index (κ1) is 15.0. The molecule has 1 N–H and O–H groups in total. The van der Waals surface area contributed by atoms with Crippen LogP contribution in [0.15, 0.2) is 18.2 Å². The number of hydrogen-bond acceptors (Lipinski definition) is 3. The molecule has 0 saturated carbocycles. The van der Waals surface area contributed by atoms with Crippen LogP contribution in [0.5, 0.6) is 0 Å². The van der Waals surface area contributed by atoms with E-state index < -0.39 is 5.82 Å². The molecule has 1 atom stereocenters. The molecule has 4 heteroatoms. The summed E-state index contributed by atoms with van der Waals surface area (Å²) in [6, 6.07) is 4.68. The fraction of sp³-hybridized carbons (Fsp3) is 0.562. The second-order valence-corrected chi connectivity index (χ2v) is 6.58. The summed E-state index contributed by atoms with van der Waals surface area (Å²) in [5.41, 5.74) is 0.0549. The van der Waals surface area contributed by atoms with E-state index in [1.54, 1.807) is 12.1 Å². The molecule has 1 unspecified atom stereocenters. The Morgan fingerprint density at radius 1 is 1.35 bits per heavy atom. The molecule has 1 aromatic carbocycles. The number of carbonyl (C=O) groups is 1. The van der Waals surface area contributed by atoms with E-state index in [0.717, 1.165) is 6.42 Å². The lowest BCUT2D eigenvalue weighted by atomic mass is 9.93. The topological polar surface area (TPSA) is 38.3 Å². The van der Waals surface area contributed by atoms with Crippen molar-refractivity contribution in [3.63, 3.8) is 0 Å². The molecular formula is C16H22FNO2. The van der Waals surface area contributed by atoms with Crippen LogP contribution in [0.4, 0.5) is 10.1 Å². The smallest absolute Gasteiger partial charge is 0.164 e. The van der Waals surface area contributed by atoms with Gasteiger partial charge in [0.05, 0.1) is 22.8 Å². The number of ketones is 1. The van der Waals surface area contributed by atoms with E-state index in [-0.39, 0.29) is 28.6 Å². The number of rotatable bonds is 3. The van der Waals surface area contributed by atoms with Crippen molar-refractivity contribution in [2.45, 2.75) is 58.3 Å². The van der Waals surface area contributed by atoms with E-state index in [1.807, 2.05) is 27.7 Å². The molecule has 1 aliphatic heterocycles. The molecule has 0 amide bonds. The number of hydrogen-bond donors (Lipinski definition) is 1. The van der Waals surface area contributed by atoms with Crippen LogP contribution in [0, 0.1) is 5.82 Å². The number of nitrogens with one attached hydrogen (secondary N) is 1. The summed E-state index contributed by atoms with van der Waals surface area (Å²) in [4.78, 5) is 11.6. The highest BCUT2D eigenvalue weighted by atomic mass is 19.1. The SMILES string of the molecule is CC(=O)c1c(F)cccc1NC1CC(C)(C)OC1(C)C. The van der Waals surface area contributed by atoms with Gasteiger partial charge in [-0.25, -0.2) is 4.39 Å². The quantitative estimate of drug-likeness (QED) is 0.856. The Kier molecular flexibility index (Phi) is 3.63. The minimum atomic E-state index is -0.488. The first-order valence-corrected chi connectivity index (χ1v) is 6.88. The maximum absolute atomic E-state index is 13.8. The van der Waals surface area contributed by atoms with Crippen LogP contribution in [0.2, 0.25) is 0 Å². The molecule has 20 heavy (non-hydrogen) atoms. The normalized spacial score (nSPS) is 23.6. The Morgan fingerprint density at radius 2 is 2.00 bits per heavy atom. The molecule has 0 bridgehead atoms. The molecule has 1 aliphatic rings. The summed E-state index contributed by atoms with van der Waals surface area (Å²) < 4.78 is 19.8. The van der Waals surface area contributed by atoms with Gasteiger partial charge in [-0.15, -0.1) is 0 Å². The number of ether oxygens (including phenoxy) is 1. The number of benzene rings is 1. The van der Waals surface area contributed by atoms with Crippen LogP contribution >= 0.6 is 0 Å². The van der Waals surface area contributed by atoms with Crippen LogP contribution in [0.3, 0.4) is 0 Å². The summed E-state index contributed by atoms with van der Waals surface area (Å²) in [7, 11) is 0. The summed E-state index contributed by atoms with van der Waals surface area (Å²) in [6.07, 6.45) is 0.799. The van der Waals surface area contributed by atoms with E-state index in [2.05, 4.69) is 5.32 Å². The predicted octanol–water partition coefficient (Wildman–Crippen LogP) is 3.79. The fourth-order valence-electron chi connectivity index (χ4n) is 2.98. The molecule has 1 fully saturated rings. The molecule has 0 spiro atoms. The lowest BCUT2D eigenvalue weighted by Crippen LogP contribution is -2.38. The minimum absolute atomic E-state index is 0.0254. The Hall–Kier alpha value is -1.42. The van der Waals surface area contributed by atoms with Crippen molar-refractivity contribution in [1.82, 2.24) is 0 Å². The monoisotopic (exact) mass is 279 g/mol. The number of halogens is 1. The average Bonchev–Trinajstić information content (AvgIpc) is 2.45. The minimum Gasteiger partial charge on any atom is -0.379 e.